The van der Waals surface area contributed by atoms with E-state index in [1.54, 1.807) is 0 Å². The van der Waals surface area contributed by atoms with E-state index in [4.69, 9.17) is 0 Å². The molecule has 0 fully saturated rings. The Morgan fingerprint density at radius 3 is 1.27 bits per heavy atom. The molecule has 5 rings (SSSR count). The Bertz CT molecular complexity index is 2060. The minimum Gasteiger partial charge on any atom is -0.519 e. The number of hydrogen-bond acceptors (Lipinski definition) is 2. The molecule has 0 heterocycles. The van der Waals surface area contributed by atoms with Crippen LogP contribution in [0.15, 0.2) is 18.2 Å². The van der Waals surface area contributed by atoms with Crippen molar-refractivity contribution in [3.63, 3.8) is 0 Å². The second kappa shape index (κ2) is 11.0. The molecule has 0 radical (unpaired) electrons. The maximum absolute atomic E-state index is 14.9. The van der Waals surface area contributed by atoms with Crippen molar-refractivity contribution >= 4 is 34.1 Å². The van der Waals surface area contributed by atoms with Gasteiger partial charge in [0, 0.05) is 5.39 Å². The summed E-state index contributed by atoms with van der Waals surface area (Å²) < 4.78 is 240. The fourth-order valence-corrected chi connectivity index (χ4v) is 4.24. The van der Waals surface area contributed by atoms with Crippen LogP contribution in [-0.2, 0) is 0 Å². The second-order valence-electron chi connectivity index (χ2n) is 8.76. The first kappa shape index (κ1) is 31.6. The number of fused-ring (bicyclic) bond motifs is 2. The molecule has 45 heavy (non-hydrogen) atoms. The maximum Gasteiger partial charge on any atom is 0.639 e. The Hall–Kier alpha value is -4.84. The number of hydrogen-bond donors (Lipinski definition) is 0. The predicted octanol–water partition coefficient (Wildman–Crippen LogP) is 8.07. The summed E-state index contributed by atoms with van der Waals surface area (Å²) in [5.41, 5.74) is -2.44. The van der Waals surface area contributed by atoms with Gasteiger partial charge in [0.25, 0.3) is 0 Å². The molecule has 0 saturated carbocycles. The zero-order valence-corrected chi connectivity index (χ0v) is 20.7. The summed E-state index contributed by atoms with van der Waals surface area (Å²) in [6, 6.07) is 1.68. The van der Waals surface area contributed by atoms with Gasteiger partial charge in [0.1, 0.15) is 11.6 Å². The lowest BCUT2D eigenvalue weighted by Gasteiger charge is -2.22. The molecule has 5 aromatic carbocycles. The molecule has 0 aliphatic carbocycles. The Kier molecular flexibility index (Phi) is 7.69. The van der Waals surface area contributed by atoms with Crippen molar-refractivity contribution in [2.24, 2.45) is 0 Å². The van der Waals surface area contributed by atoms with Crippen LogP contribution in [0.1, 0.15) is 0 Å². The van der Waals surface area contributed by atoms with Crippen LogP contribution < -0.4 is 14.8 Å². The molecule has 0 amide bonds. The molecule has 0 saturated heterocycles. The average molecular weight is 662 g/mol. The topological polar surface area (TPSA) is 18.5 Å². The normalized spacial score (nSPS) is 11.6. The van der Waals surface area contributed by atoms with E-state index in [0.717, 1.165) is 0 Å². The monoisotopic (exact) mass is 662 g/mol. The van der Waals surface area contributed by atoms with E-state index in [0.29, 0.717) is 18.2 Å². The van der Waals surface area contributed by atoms with E-state index in [1.165, 1.54) is 0 Å². The van der Waals surface area contributed by atoms with Gasteiger partial charge in [-0.2, -0.15) is 8.78 Å². The number of rotatable bonds is 5. The highest BCUT2D eigenvalue weighted by molar-refractivity contribution is 6.63. The third kappa shape index (κ3) is 4.54. The van der Waals surface area contributed by atoms with E-state index in [1.807, 2.05) is 0 Å². The van der Waals surface area contributed by atoms with E-state index in [-0.39, 0.29) is 0 Å². The molecular weight excluding hydrogens is 659 g/mol. The molecule has 0 aliphatic heterocycles. The van der Waals surface area contributed by atoms with Crippen molar-refractivity contribution in [1.82, 2.24) is 0 Å². The fraction of sp³-hybridized carbons (Fsp3) is 0. The Balaban J connectivity index is 1.89. The van der Waals surface area contributed by atoms with Crippen LogP contribution in [0.4, 0.5) is 70.2 Å². The molecule has 0 bridgehead atoms. The van der Waals surface area contributed by atoms with Crippen molar-refractivity contribution in [1.29, 1.82) is 0 Å². The summed E-state index contributed by atoms with van der Waals surface area (Å²) >= 11 is 0. The van der Waals surface area contributed by atoms with Crippen LogP contribution in [-0.4, -0.2) is 7.12 Å². The molecule has 0 atom stereocenters. The van der Waals surface area contributed by atoms with Gasteiger partial charge in [0.05, 0.1) is 21.6 Å². The van der Waals surface area contributed by atoms with Crippen molar-refractivity contribution in [3.8, 4) is 11.5 Å². The van der Waals surface area contributed by atoms with Crippen LogP contribution in [0.2, 0.25) is 0 Å². The zero-order valence-electron chi connectivity index (χ0n) is 20.7. The SMILES string of the molecule is Fc1c(F)c(F)c(B(Oc2c(F)c(F)c(F)c3c(F)cccc23)Oc2c(F)c(F)c(F)c3c(F)c(F)c(F)c(F)c23)c(F)c1F. The van der Waals surface area contributed by atoms with E-state index >= 15 is 0 Å². The van der Waals surface area contributed by atoms with Crippen LogP contribution in [0.5, 0.6) is 11.5 Å². The molecule has 0 N–H and O–H groups in total. The summed E-state index contributed by atoms with van der Waals surface area (Å²) in [7, 11) is -3.72. The van der Waals surface area contributed by atoms with Gasteiger partial charge in [0.15, 0.2) is 81.4 Å². The number of benzene rings is 5. The predicted molar refractivity (Wildman–Crippen MR) is 120 cm³/mol. The summed E-state index contributed by atoms with van der Waals surface area (Å²) in [5, 5.41) is -7.16. The summed E-state index contributed by atoms with van der Waals surface area (Å²) in [6.45, 7) is 0. The van der Waals surface area contributed by atoms with Crippen molar-refractivity contribution in [2.45, 2.75) is 0 Å². The smallest absolute Gasteiger partial charge is 0.519 e. The van der Waals surface area contributed by atoms with Gasteiger partial charge in [-0.3, -0.25) is 0 Å². The first-order valence-corrected chi connectivity index (χ1v) is 11.4. The van der Waals surface area contributed by atoms with Crippen molar-refractivity contribution < 1.29 is 79.6 Å². The van der Waals surface area contributed by atoms with Crippen LogP contribution in [0.25, 0.3) is 21.5 Å². The molecule has 0 aromatic heterocycles. The average Bonchev–Trinajstić information content (AvgIpc) is 3.01. The largest absolute Gasteiger partial charge is 0.639 e. The highest BCUT2D eigenvalue weighted by Gasteiger charge is 2.43. The molecule has 0 spiro atoms. The Morgan fingerprint density at radius 1 is 0.356 bits per heavy atom. The fourth-order valence-electron chi connectivity index (χ4n) is 4.24. The minimum absolute atomic E-state index is 0.471. The highest BCUT2D eigenvalue weighted by atomic mass is 19.2. The maximum atomic E-state index is 14.9. The molecule has 2 nitrogen and oxygen atoms in total. The second-order valence-corrected chi connectivity index (χ2v) is 8.76. The molecular formula is C26H3BF16O2. The van der Waals surface area contributed by atoms with Crippen LogP contribution in [0, 0.1) is 93.1 Å². The van der Waals surface area contributed by atoms with Gasteiger partial charge < -0.3 is 9.31 Å². The van der Waals surface area contributed by atoms with Crippen LogP contribution >= 0.6 is 0 Å². The molecule has 0 aliphatic rings. The third-order valence-corrected chi connectivity index (χ3v) is 6.29. The summed E-state index contributed by atoms with van der Waals surface area (Å²) in [5.74, 6) is -47.4. The summed E-state index contributed by atoms with van der Waals surface area (Å²) in [6.07, 6.45) is 0. The van der Waals surface area contributed by atoms with E-state index in [9.17, 15) is 70.2 Å². The third-order valence-electron chi connectivity index (χ3n) is 6.29. The molecule has 234 valence electrons. The van der Waals surface area contributed by atoms with Crippen molar-refractivity contribution in [3.05, 3.63) is 111 Å². The number of halogens is 16. The zero-order chi connectivity index (χ0) is 33.4. The van der Waals surface area contributed by atoms with Gasteiger partial charge >= 0.3 is 7.12 Å². The van der Waals surface area contributed by atoms with Gasteiger partial charge in [-0.1, -0.05) is 12.1 Å². The van der Waals surface area contributed by atoms with E-state index < -0.39 is 139 Å². The van der Waals surface area contributed by atoms with Crippen molar-refractivity contribution in [2.75, 3.05) is 0 Å². The van der Waals surface area contributed by atoms with Gasteiger partial charge in [-0.15, -0.1) is 0 Å². The lowest BCUT2D eigenvalue weighted by molar-refractivity contribution is 0.361. The standard InChI is InChI=1S/C26H3BF16O2/c28-5-3-1-2-4-6(5)10(29)18(37)23(42)25(4)44-27(9-14(33)20(39)22(41)21(40)15(9)34)45-26-8-7(12(31)19(38)24(26)43)11(30)16(35)17(36)13(8)32/h1-3H. The lowest BCUT2D eigenvalue weighted by Crippen LogP contribution is -2.48. The van der Waals surface area contributed by atoms with Gasteiger partial charge in [-0.05, 0) is 6.07 Å². The summed E-state index contributed by atoms with van der Waals surface area (Å²) in [4.78, 5) is 0. The lowest BCUT2D eigenvalue weighted by atomic mass is 9.77. The molecule has 19 heteroatoms. The first-order chi connectivity index (χ1) is 21.0. The van der Waals surface area contributed by atoms with Gasteiger partial charge in [-0.25, -0.2) is 61.5 Å². The van der Waals surface area contributed by atoms with Crippen LogP contribution in [0.3, 0.4) is 0 Å². The Morgan fingerprint density at radius 2 is 0.733 bits per heavy atom. The minimum atomic E-state index is -3.72. The van der Waals surface area contributed by atoms with E-state index in [2.05, 4.69) is 9.31 Å². The first-order valence-electron chi connectivity index (χ1n) is 11.4. The Labute approximate surface area is 237 Å². The highest BCUT2D eigenvalue weighted by Crippen LogP contribution is 2.40. The quantitative estimate of drug-likeness (QED) is 0.0821. The molecule has 0 unspecified atom stereocenters. The molecule has 5 aromatic rings. The van der Waals surface area contributed by atoms with Gasteiger partial charge in [0.2, 0.25) is 11.6 Å².